The Balaban J connectivity index is 2.08. The van der Waals surface area contributed by atoms with E-state index in [1.54, 1.807) is 12.1 Å². The molecule has 0 radical (unpaired) electrons. The van der Waals surface area contributed by atoms with Crippen molar-refractivity contribution >= 4 is 35.3 Å². The highest BCUT2D eigenvalue weighted by Crippen LogP contribution is 2.35. The SMILES string of the molecule is CCc1cccc(CC)c1NC(=O)C(=O)N/N=C\c1cc(Cl)c(OC)c(OC)c1. The lowest BCUT2D eigenvalue weighted by atomic mass is 10.0. The van der Waals surface area contributed by atoms with E-state index in [1.165, 1.54) is 20.4 Å². The van der Waals surface area contributed by atoms with E-state index >= 15 is 0 Å². The van der Waals surface area contributed by atoms with Crippen LogP contribution >= 0.6 is 11.6 Å². The van der Waals surface area contributed by atoms with Crippen molar-refractivity contribution in [1.82, 2.24) is 5.43 Å². The molecule has 154 valence electrons. The number of halogens is 1. The molecular weight excluding hydrogens is 394 g/mol. The lowest BCUT2D eigenvalue weighted by Gasteiger charge is -2.13. The maximum atomic E-state index is 12.3. The number of amides is 2. The van der Waals surface area contributed by atoms with Crippen molar-refractivity contribution in [3.63, 3.8) is 0 Å². The predicted octanol–water partition coefficient (Wildman–Crippen LogP) is 3.57. The molecule has 0 saturated carbocycles. The second kappa shape index (κ2) is 10.5. The summed E-state index contributed by atoms with van der Waals surface area (Å²) in [7, 11) is 2.97. The van der Waals surface area contributed by atoms with Gasteiger partial charge in [-0.25, -0.2) is 5.43 Å². The number of methoxy groups -OCH3 is 2. The fourth-order valence-corrected chi connectivity index (χ4v) is 3.10. The molecular formula is C21H24ClN3O4. The summed E-state index contributed by atoms with van der Waals surface area (Å²) in [6.07, 6.45) is 2.84. The molecule has 0 aliphatic heterocycles. The average molecular weight is 418 g/mol. The summed E-state index contributed by atoms with van der Waals surface area (Å²) in [5.41, 5.74) is 5.39. The van der Waals surface area contributed by atoms with Crippen molar-refractivity contribution < 1.29 is 19.1 Å². The number of ether oxygens (including phenoxy) is 2. The van der Waals surface area contributed by atoms with Crippen LogP contribution in [0, 0.1) is 0 Å². The van der Waals surface area contributed by atoms with Gasteiger partial charge in [0, 0.05) is 5.69 Å². The van der Waals surface area contributed by atoms with Crippen LogP contribution in [-0.2, 0) is 22.4 Å². The predicted molar refractivity (Wildman–Crippen MR) is 114 cm³/mol. The highest BCUT2D eigenvalue weighted by atomic mass is 35.5. The van der Waals surface area contributed by atoms with Gasteiger partial charge in [0.1, 0.15) is 0 Å². The first kappa shape index (κ1) is 22.2. The van der Waals surface area contributed by atoms with E-state index in [-0.39, 0.29) is 0 Å². The Kier molecular flexibility index (Phi) is 8.03. The molecule has 2 aromatic rings. The normalized spacial score (nSPS) is 10.7. The molecule has 0 saturated heterocycles. The summed E-state index contributed by atoms with van der Waals surface area (Å²) in [5.74, 6) is -0.839. The summed E-state index contributed by atoms with van der Waals surface area (Å²) >= 11 is 6.13. The number of nitrogens with zero attached hydrogens (tertiary/aromatic N) is 1. The van der Waals surface area contributed by atoms with Crippen LogP contribution in [0.15, 0.2) is 35.4 Å². The standard InChI is InChI=1S/C21H24ClN3O4/c1-5-14-8-7-9-15(6-2)18(14)24-20(26)21(27)25-23-12-13-10-16(22)19(29-4)17(11-13)28-3/h7-12H,5-6H2,1-4H3,(H,24,26)(H,25,27)/b23-12-. The van der Waals surface area contributed by atoms with Crippen molar-refractivity contribution in [2.75, 3.05) is 19.5 Å². The maximum Gasteiger partial charge on any atom is 0.329 e. The van der Waals surface area contributed by atoms with Crippen LogP contribution in [0.3, 0.4) is 0 Å². The molecule has 29 heavy (non-hydrogen) atoms. The minimum absolute atomic E-state index is 0.334. The Morgan fingerprint density at radius 1 is 1.07 bits per heavy atom. The van der Waals surface area contributed by atoms with E-state index in [1.807, 2.05) is 32.0 Å². The molecule has 0 heterocycles. The number of aryl methyl sites for hydroxylation is 2. The Morgan fingerprint density at radius 3 is 2.28 bits per heavy atom. The number of carbonyl (C=O) groups is 2. The van der Waals surface area contributed by atoms with Crippen LogP contribution in [-0.4, -0.2) is 32.2 Å². The van der Waals surface area contributed by atoms with Gasteiger partial charge in [-0.05, 0) is 41.7 Å². The summed E-state index contributed by atoms with van der Waals surface area (Å²) in [6.45, 7) is 3.98. The highest BCUT2D eigenvalue weighted by molar-refractivity contribution is 6.39. The lowest BCUT2D eigenvalue weighted by Crippen LogP contribution is -2.33. The zero-order chi connectivity index (χ0) is 21.4. The van der Waals surface area contributed by atoms with E-state index < -0.39 is 11.8 Å². The quantitative estimate of drug-likeness (QED) is 0.409. The lowest BCUT2D eigenvalue weighted by molar-refractivity contribution is -0.136. The molecule has 0 fully saturated rings. The van der Waals surface area contributed by atoms with E-state index in [9.17, 15) is 9.59 Å². The number of para-hydroxylation sites is 1. The second-order valence-electron chi connectivity index (χ2n) is 6.05. The first-order chi connectivity index (χ1) is 13.9. The monoisotopic (exact) mass is 417 g/mol. The molecule has 8 heteroatoms. The van der Waals surface area contributed by atoms with Crippen molar-refractivity contribution in [3.05, 3.63) is 52.0 Å². The van der Waals surface area contributed by atoms with Gasteiger partial charge >= 0.3 is 11.8 Å². The summed E-state index contributed by atoms with van der Waals surface area (Å²) in [4.78, 5) is 24.4. The topological polar surface area (TPSA) is 89.0 Å². The number of benzene rings is 2. The number of hydrogen-bond acceptors (Lipinski definition) is 5. The molecule has 0 spiro atoms. The third kappa shape index (κ3) is 5.48. The number of carbonyl (C=O) groups excluding carboxylic acids is 2. The molecule has 2 amide bonds. The van der Waals surface area contributed by atoms with Crippen LogP contribution in [0.5, 0.6) is 11.5 Å². The minimum atomic E-state index is -0.874. The third-order valence-electron chi connectivity index (χ3n) is 4.28. The molecule has 0 bridgehead atoms. The van der Waals surface area contributed by atoms with Gasteiger partial charge in [-0.1, -0.05) is 43.6 Å². The molecule has 2 aromatic carbocycles. The number of hydrogen-bond donors (Lipinski definition) is 2. The van der Waals surface area contributed by atoms with Crippen LogP contribution in [0.25, 0.3) is 0 Å². The summed E-state index contributed by atoms with van der Waals surface area (Å²) in [5, 5.41) is 6.84. The number of hydrazone groups is 1. The van der Waals surface area contributed by atoms with Crippen LogP contribution in [0.2, 0.25) is 5.02 Å². The number of anilines is 1. The van der Waals surface area contributed by atoms with Gasteiger partial charge in [0.25, 0.3) is 0 Å². The maximum absolute atomic E-state index is 12.3. The first-order valence-corrected chi connectivity index (χ1v) is 9.49. The molecule has 0 aliphatic carbocycles. The largest absolute Gasteiger partial charge is 0.493 e. The molecule has 7 nitrogen and oxygen atoms in total. The summed E-state index contributed by atoms with van der Waals surface area (Å²) < 4.78 is 10.4. The van der Waals surface area contributed by atoms with Crippen molar-refractivity contribution in [2.24, 2.45) is 5.10 Å². The van der Waals surface area contributed by atoms with Crippen molar-refractivity contribution in [2.45, 2.75) is 26.7 Å². The third-order valence-corrected chi connectivity index (χ3v) is 4.56. The van der Waals surface area contributed by atoms with Crippen LogP contribution in [0.1, 0.15) is 30.5 Å². The van der Waals surface area contributed by atoms with Crippen LogP contribution < -0.4 is 20.2 Å². The Labute approximate surface area is 175 Å². The molecule has 0 atom stereocenters. The Morgan fingerprint density at radius 2 is 1.72 bits per heavy atom. The fourth-order valence-electron chi connectivity index (χ4n) is 2.80. The van der Waals surface area contributed by atoms with Gasteiger partial charge in [0.05, 0.1) is 25.5 Å². The molecule has 2 rings (SSSR count). The first-order valence-electron chi connectivity index (χ1n) is 9.11. The molecule has 2 N–H and O–H groups in total. The van der Waals surface area contributed by atoms with E-state index in [2.05, 4.69) is 15.8 Å². The fraction of sp³-hybridized carbons (Fsp3) is 0.286. The van der Waals surface area contributed by atoms with Crippen molar-refractivity contribution in [1.29, 1.82) is 0 Å². The average Bonchev–Trinajstić information content (AvgIpc) is 2.73. The van der Waals surface area contributed by atoms with Gasteiger partial charge in [-0.3, -0.25) is 9.59 Å². The Bertz CT molecular complexity index is 906. The van der Waals surface area contributed by atoms with Gasteiger partial charge in [-0.2, -0.15) is 5.10 Å². The minimum Gasteiger partial charge on any atom is -0.493 e. The highest BCUT2D eigenvalue weighted by Gasteiger charge is 2.16. The molecule has 0 unspecified atom stereocenters. The Hall–Kier alpha value is -3.06. The van der Waals surface area contributed by atoms with E-state index in [0.29, 0.717) is 27.8 Å². The van der Waals surface area contributed by atoms with Crippen LogP contribution in [0.4, 0.5) is 5.69 Å². The van der Waals surface area contributed by atoms with Gasteiger partial charge < -0.3 is 14.8 Å². The van der Waals surface area contributed by atoms with E-state index in [4.69, 9.17) is 21.1 Å². The zero-order valence-corrected chi connectivity index (χ0v) is 17.6. The van der Waals surface area contributed by atoms with Gasteiger partial charge in [-0.15, -0.1) is 0 Å². The second-order valence-corrected chi connectivity index (χ2v) is 6.46. The van der Waals surface area contributed by atoms with E-state index in [0.717, 1.165) is 24.0 Å². The number of rotatable bonds is 7. The molecule has 0 aromatic heterocycles. The van der Waals surface area contributed by atoms with Gasteiger partial charge in [0.15, 0.2) is 11.5 Å². The smallest absolute Gasteiger partial charge is 0.329 e. The zero-order valence-electron chi connectivity index (χ0n) is 16.8. The van der Waals surface area contributed by atoms with Crippen molar-refractivity contribution in [3.8, 4) is 11.5 Å². The summed E-state index contributed by atoms with van der Waals surface area (Å²) in [6, 6.07) is 9.03. The van der Waals surface area contributed by atoms with Gasteiger partial charge in [0.2, 0.25) is 0 Å². The molecule has 0 aliphatic rings. The number of nitrogens with one attached hydrogen (secondary N) is 2.